The van der Waals surface area contributed by atoms with E-state index in [-0.39, 0.29) is 22.9 Å². The van der Waals surface area contributed by atoms with Gasteiger partial charge in [0.15, 0.2) is 0 Å². The summed E-state index contributed by atoms with van der Waals surface area (Å²) >= 11 is 6.24. The van der Waals surface area contributed by atoms with Gasteiger partial charge in [-0.2, -0.15) is 0 Å². The summed E-state index contributed by atoms with van der Waals surface area (Å²) in [6, 6.07) is 9.54. The lowest BCUT2D eigenvalue weighted by atomic mass is 9.67. The standard InChI is InChI=1S/C25H24ClFN4O2/c26-19-15-16(27)5-6-21(19)31-14-2-9-25(24(31)33)10-7-17(8-11-25)30-23(32)18-3-1-4-20-22(18)29-13-12-28-20/h1,3-6,12-13,15,17H,2,7-11,14H2,(H,30,32)/t17-,25-. The number of amides is 2. The molecule has 1 aliphatic heterocycles. The van der Waals surface area contributed by atoms with Crippen LogP contribution >= 0.6 is 11.6 Å². The number of benzene rings is 2. The Morgan fingerprint density at radius 2 is 1.91 bits per heavy atom. The molecule has 1 N–H and O–H groups in total. The van der Waals surface area contributed by atoms with E-state index < -0.39 is 11.2 Å². The minimum absolute atomic E-state index is 0.00682. The highest BCUT2D eigenvalue weighted by molar-refractivity contribution is 6.33. The van der Waals surface area contributed by atoms with Gasteiger partial charge in [0.05, 0.1) is 21.8 Å². The SMILES string of the molecule is O=C(N[C@H]1CC[C@@]2(CCCN(c3ccc(F)cc3Cl)C2=O)CC1)c1cccc2nccnc12. The van der Waals surface area contributed by atoms with Crippen molar-refractivity contribution in [2.45, 2.75) is 44.6 Å². The average molecular weight is 467 g/mol. The fraction of sp³-hybridized carbons (Fsp3) is 0.360. The Hall–Kier alpha value is -3.06. The van der Waals surface area contributed by atoms with Gasteiger partial charge < -0.3 is 10.2 Å². The van der Waals surface area contributed by atoms with Crippen LogP contribution in [0.2, 0.25) is 5.02 Å². The van der Waals surface area contributed by atoms with E-state index >= 15 is 0 Å². The number of halogens is 2. The van der Waals surface area contributed by atoms with E-state index in [1.165, 1.54) is 12.1 Å². The summed E-state index contributed by atoms with van der Waals surface area (Å²) in [5.74, 6) is -0.538. The number of nitrogens with one attached hydrogen (secondary N) is 1. The van der Waals surface area contributed by atoms with Gasteiger partial charge in [-0.25, -0.2) is 4.39 Å². The average Bonchev–Trinajstić information content (AvgIpc) is 2.82. The third-order valence-corrected chi connectivity index (χ3v) is 7.26. The van der Waals surface area contributed by atoms with Crippen LogP contribution in [-0.4, -0.2) is 34.4 Å². The van der Waals surface area contributed by atoms with Crippen molar-refractivity contribution in [1.82, 2.24) is 15.3 Å². The molecule has 33 heavy (non-hydrogen) atoms. The molecule has 1 saturated carbocycles. The number of anilines is 1. The number of para-hydroxylation sites is 1. The zero-order valence-electron chi connectivity index (χ0n) is 18.1. The first-order chi connectivity index (χ1) is 16.0. The van der Waals surface area contributed by atoms with Crippen LogP contribution in [-0.2, 0) is 4.79 Å². The maximum atomic E-state index is 13.5. The topological polar surface area (TPSA) is 75.2 Å². The van der Waals surface area contributed by atoms with E-state index in [2.05, 4.69) is 15.3 Å². The molecular formula is C25H24ClFN4O2. The number of nitrogens with zero attached hydrogens (tertiary/aromatic N) is 3. The Morgan fingerprint density at radius 3 is 2.70 bits per heavy atom. The van der Waals surface area contributed by atoms with Crippen LogP contribution in [0, 0.1) is 11.2 Å². The molecule has 8 heteroatoms. The third kappa shape index (κ3) is 4.06. The van der Waals surface area contributed by atoms with Crippen molar-refractivity contribution < 1.29 is 14.0 Å². The molecule has 2 fully saturated rings. The number of aromatic nitrogens is 2. The highest BCUT2D eigenvalue weighted by atomic mass is 35.5. The minimum atomic E-state index is -0.456. The van der Waals surface area contributed by atoms with Crippen LogP contribution in [0.15, 0.2) is 48.8 Å². The van der Waals surface area contributed by atoms with Crippen LogP contribution in [0.4, 0.5) is 10.1 Å². The molecule has 170 valence electrons. The first-order valence-corrected chi connectivity index (χ1v) is 11.6. The van der Waals surface area contributed by atoms with Gasteiger partial charge in [0, 0.05) is 30.4 Å². The largest absolute Gasteiger partial charge is 0.349 e. The lowest BCUT2D eigenvalue weighted by Crippen LogP contribution is -2.52. The smallest absolute Gasteiger partial charge is 0.253 e. The molecule has 1 aromatic heterocycles. The maximum Gasteiger partial charge on any atom is 0.253 e. The number of hydrogen-bond acceptors (Lipinski definition) is 4. The number of fused-ring (bicyclic) bond motifs is 1. The first-order valence-electron chi connectivity index (χ1n) is 11.2. The van der Waals surface area contributed by atoms with Crippen LogP contribution in [0.3, 0.4) is 0 Å². The van der Waals surface area contributed by atoms with Crippen molar-refractivity contribution in [1.29, 1.82) is 0 Å². The van der Waals surface area contributed by atoms with Gasteiger partial charge in [0.2, 0.25) is 5.91 Å². The van der Waals surface area contributed by atoms with Crippen LogP contribution < -0.4 is 10.2 Å². The third-order valence-electron chi connectivity index (χ3n) is 6.96. The van der Waals surface area contributed by atoms with E-state index in [1.807, 2.05) is 6.07 Å². The summed E-state index contributed by atoms with van der Waals surface area (Å²) in [5, 5.41) is 3.38. The summed E-state index contributed by atoms with van der Waals surface area (Å²) in [5.41, 5.74) is 1.88. The fourth-order valence-electron chi connectivity index (χ4n) is 5.22. The van der Waals surface area contributed by atoms with E-state index in [9.17, 15) is 14.0 Å². The van der Waals surface area contributed by atoms with Crippen molar-refractivity contribution in [3.8, 4) is 0 Å². The molecule has 6 nitrogen and oxygen atoms in total. The second-order valence-electron chi connectivity index (χ2n) is 8.91. The summed E-state index contributed by atoms with van der Waals surface area (Å²) in [6.07, 6.45) is 7.71. The van der Waals surface area contributed by atoms with Gasteiger partial charge in [0.1, 0.15) is 11.3 Å². The predicted octanol–water partition coefficient (Wildman–Crippen LogP) is 4.91. The molecule has 0 radical (unpaired) electrons. The zero-order valence-corrected chi connectivity index (χ0v) is 18.8. The molecule has 0 bridgehead atoms. The molecule has 3 aromatic rings. The minimum Gasteiger partial charge on any atom is -0.349 e. The Labute approximate surface area is 196 Å². The second-order valence-corrected chi connectivity index (χ2v) is 9.32. The number of piperidine rings is 1. The lowest BCUT2D eigenvalue weighted by molar-refractivity contribution is -0.132. The molecule has 2 aliphatic rings. The molecular weight excluding hydrogens is 443 g/mol. The van der Waals surface area contributed by atoms with Gasteiger partial charge in [-0.05, 0) is 68.9 Å². The Bertz CT molecular complexity index is 1220. The highest BCUT2D eigenvalue weighted by Crippen LogP contribution is 2.46. The highest BCUT2D eigenvalue weighted by Gasteiger charge is 2.46. The summed E-state index contributed by atoms with van der Waals surface area (Å²) in [6.45, 7) is 0.578. The quantitative estimate of drug-likeness (QED) is 0.595. The van der Waals surface area contributed by atoms with Gasteiger partial charge in [0.25, 0.3) is 5.91 Å². The van der Waals surface area contributed by atoms with E-state index in [4.69, 9.17) is 11.6 Å². The summed E-state index contributed by atoms with van der Waals surface area (Å²) < 4.78 is 13.5. The number of carbonyl (C=O) groups is 2. The van der Waals surface area contributed by atoms with Crippen molar-refractivity contribution in [3.05, 3.63) is 65.2 Å². The molecule has 1 spiro atoms. The molecule has 1 saturated heterocycles. The molecule has 2 amide bonds. The Balaban J connectivity index is 1.28. The Kier molecular flexibility index (Phi) is 5.74. The molecule has 5 rings (SSSR count). The fourth-order valence-corrected chi connectivity index (χ4v) is 5.49. The van der Waals surface area contributed by atoms with Gasteiger partial charge >= 0.3 is 0 Å². The molecule has 2 aromatic carbocycles. The lowest BCUT2D eigenvalue weighted by Gasteiger charge is -2.45. The maximum absolute atomic E-state index is 13.5. The molecule has 0 unspecified atom stereocenters. The van der Waals surface area contributed by atoms with Crippen molar-refractivity contribution in [2.75, 3.05) is 11.4 Å². The van der Waals surface area contributed by atoms with Crippen molar-refractivity contribution >= 4 is 40.1 Å². The molecule has 2 heterocycles. The number of rotatable bonds is 3. The van der Waals surface area contributed by atoms with Crippen molar-refractivity contribution in [2.24, 2.45) is 5.41 Å². The zero-order chi connectivity index (χ0) is 23.0. The van der Waals surface area contributed by atoms with Crippen molar-refractivity contribution in [3.63, 3.8) is 0 Å². The van der Waals surface area contributed by atoms with Crippen LogP contribution in [0.5, 0.6) is 0 Å². The van der Waals surface area contributed by atoms with E-state index in [1.54, 1.807) is 35.5 Å². The van der Waals surface area contributed by atoms with Crippen LogP contribution in [0.1, 0.15) is 48.9 Å². The number of carbonyl (C=O) groups excluding carboxylic acids is 2. The summed E-state index contributed by atoms with van der Waals surface area (Å²) in [7, 11) is 0. The van der Waals surface area contributed by atoms with E-state index in [0.717, 1.165) is 25.7 Å². The van der Waals surface area contributed by atoms with Gasteiger partial charge in [-0.1, -0.05) is 17.7 Å². The van der Waals surface area contributed by atoms with Gasteiger partial charge in [-0.15, -0.1) is 0 Å². The second kappa shape index (κ2) is 8.71. The molecule has 0 atom stereocenters. The number of hydrogen-bond donors (Lipinski definition) is 1. The normalized spacial score (nSPS) is 23.2. The monoisotopic (exact) mass is 466 g/mol. The van der Waals surface area contributed by atoms with Crippen LogP contribution in [0.25, 0.3) is 11.0 Å². The Morgan fingerprint density at radius 1 is 1.12 bits per heavy atom. The van der Waals surface area contributed by atoms with E-state index in [0.29, 0.717) is 41.7 Å². The summed E-state index contributed by atoms with van der Waals surface area (Å²) in [4.78, 5) is 36.8. The molecule has 1 aliphatic carbocycles. The predicted molar refractivity (Wildman–Crippen MR) is 125 cm³/mol. The van der Waals surface area contributed by atoms with Gasteiger partial charge in [-0.3, -0.25) is 19.6 Å². The first kappa shape index (κ1) is 21.8.